The van der Waals surface area contributed by atoms with Crippen LogP contribution in [0.2, 0.25) is 0 Å². The molecule has 0 saturated heterocycles. The number of nitrogens with zero attached hydrogens (tertiary/aromatic N) is 2. The van der Waals surface area contributed by atoms with Gasteiger partial charge in [0.05, 0.1) is 10.5 Å². The van der Waals surface area contributed by atoms with Crippen LogP contribution in [0, 0.1) is 29.2 Å². The van der Waals surface area contributed by atoms with Gasteiger partial charge in [-0.3, -0.25) is 10.1 Å². The Kier molecular flexibility index (Phi) is 7.99. The zero-order valence-corrected chi connectivity index (χ0v) is 17.1. The molecule has 0 saturated carbocycles. The van der Waals surface area contributed by atoms with Gasteiger partial charge in [0, 0.05) is 13.8 Å². The van der Waals surface area contributed by atoms with E-state index in [4.69, 9.17) is 9.47 Å². The lowest BCUT2D eigenvalue weighted by Crippen LogP contribution is -2.37. The molecule has 152 valence electrons. The van der Waals surface area contributed by atoms with Gasteiger partial charge in [-0.25, -0.2) is 4.79 Å². The second kappa shape index (κ2) is 9.53. The Morgan fingerprint density at radius 3 is 2.22 bits per heavy atom. The quantitative estimate of drug-likeness (QED) is 0.161. The van der Waals surface area contributed by atoms with Gasteiger partial charge >= 0.3 is 11.8 Å². The second-order valence-electron chi connectivity index (χ2n) is 7.61. The molecular weight excluding hydrogens is 352 g/mol. The highest BCUT2D eigenvalue weighted by Crippen LogP contribution is 2.35. The maximum atomic E-state index is 12.4. The second-order valence-corrected chi connectivity index (χ2v) is 7.61. The van der Waals surface area contributed by atoms with E-state index < -0.39 is 22.4 Å². The molecule has 27 heavy (non-hydrogen) atoms. The predicted molar refractivity (Wildman–Crippen MR) is 101 cm³/mol. The van der Waals surface area contributed by atoms with Gasteiger partial charge in [-0.2, -0.15) is 4.73 Å². The van der Waals surface area contributed by atoms with E-state index in [9.17, 15) is 20.1 Å². The summed E-state index contributed by atoms with van der Waals surface area (Å²) in [6.45, 7) is 10.0. The number of pyridine rings is 1. The lowest BCUT2D eigenvalue weighted by Gasteiger charge is -2.20. The Morgan fingerprint density at radius 1 is 1.11 bits per heavy atom. The monoisotopic (exact) mass is 382 g/mol. The van der Waals surface area contributed by atoms with E-state index in [2.05, 4.69) is 6.92 Å². The maximum absolute atomic E-state index is 12.4. The number of carbonyl (C=O) groups is 1. The van der Waals surface area contributed by atoms with E-state index in [-0.39, 0.29) is 11.4 Å². The van der Waals surface area contributed by atoms with Crippen LogP contribution in [0.5, 0.6) is 5.75 Å². The van der Waals surface area contributed by atoms with Gasteiger partial charge in [0.2, 0.25) is 5.75 Å². The van der Waals surface area contributed by atoms with E-state index in [1.165, 1.54) is 6.92 Å². The number of hydrogen-bond donors (Lipinski definition) is 0. The number of aromatic nitrogens is 1. The van der Waals surface area contributed by atoms with Crippen molar-refractivity contribution in [1.82, 2.24) is 0 Å². The van der Waals surface area contributed by atoms with Gasteiger partial charge in [0.1, 0.15) is 5.60 Å². The standard InChI is InChI=1S/C19H30N2O6/c1-7-8-9-10-11-12-15-13(2)20(23)14(3)16(21(24)25)17(15)26-18(22)27-19(4,5)6/h7-12H2,1-6H3. The van der Waals surface area contributed by atoms with E-state index >= 15 is 0 Å². The molecule has 0 aromatic carbocycles. The fourth-order valence-electron chi connectivity index (χ4n) is 2.82. The molecule has 0 spiro atoms. The minimum absolute atomic E-state index is 0.120. The van der Waals surface area contributed by atoms with Gasteiger partial charge < -0.3 is 14.7 Å². The molecule has 8 heteroatoms. The van der Waals surface area contributed by atoms with Crippen molar-refractivity contribution in [2.24, 2.45) is 0 Å². The molecular formula is C19H30N2O6. The van der Waals surface area contributed by atoms with Crippen LogP contribution in [-0.4, -0.2) is 16.7 Å². The van der Waals surface area contributed by atoms with Crippen molar-refractivity contribution >= 4 is 11.8 Å². The van der Waals surface area contributed by atoms with Crippen LogP contribution >= 0.6 is 0 Å². The molecule has 0 atom stereocenters. The molecule has 1 aromatic heterocycles. The number of unbranched alkanes of at least 4 members (excludes halogenated alkanes) is 4. The van der Waals surface area contributed by atoms with Crippen LogP contribution in [0.4, 0.5) is 10.5 Å². The van der Waals surface area contributed by atoms with Crippen molar-refractivity contribution in [3.05, 3.63) is 32.3 Å². The predicted octanol–water partition coefficient (Wildman–Crippen LogP) is 4.67. The molecule has 0 aliphatic carbocycles. The van der Waals surface area contributed by atoms with Gasteiger partial charge in [-0.1, -0.05) is 32.6 Å². The fourth-order valence-corrected chi connectivity index (χ4v) is 2.82. The summed E-state index contributed by atoms with van der Waals surface area (Å²) in [6, 6.07) is 0. The maximum Gasteiger partial charge on any atom is 0.514 e. The van der Waals surface area contributed by atoms with Gasteiger partial charge in [-0.15, -0.1) is 0 Å². The zero-order valence-electron chi connectivity index (χ0n) is 17.1. The Bertz CT molecular complexity index is 695. The Labute approximate surface area is 160 Å². The van der Waals surface area contributed by atoms with Crippen molar-refractivity contribution in [3.8, 4) is 5.75 Å². The summed E-state index contributed by atoms with van der Waals surface area (Å²) < 4.78 is 10.9. The average Bonchev–Trinajstić information content (AvgIpc) is 2.53. The van der Waals surface area contributed by atoms with Gasteiger partial charge in [-0.05, 0) is 33.6 Å². The highest BCUT2D eigenvalue weighted by Gasteiger charge is 2.35. The highest BCUT2D eigenvalue weighted by molar-refractivity contribution is 5.68. The normalized spacial score (nSPS) is 11.3. The first-order valence-corrected chi connectivity index (χ1v) is 9.30. The molecule has 0 aliphatic rings. The smallest absolute Gasteiger partial charge is 0.514 e. The molecule has 0 fully saturated rings. The van der Waals surface area contributed by atoms with Crippen molar-refractivity contribution in [2.75, 3.05) is 0 Å². The minimum Gasteiger partial charge on any atom is -0.618 e. The van der Waals surface area contributed by atoms with Crippen molar-refractivity contribution in [2.45, 2.75) is 85.7 Å². The van der Waals surface area contributed by atoms with Gasteiger partial charge in [0.15, 0.2) is 5.69 Å². The van der Waals surface area contributed by atoms with E-state index in [1.807, 2.05) is 0 Å². The van der Waals surface area contributed by atoms with Crippen LogP contribution in [0.3, 0.4) is 0 Å². The van der Waals surface area contributed by atoms with Crippen molar-refractivity contribution in [3.63, 3.8) is 0 Å². The highest BCUT2D eigenvalue weighted by atomic mass is 16.7. The number of ether oxygens (including phenoxy) is 2. The third-order valence-electron chi connectivity index (χ3n) is 4.17. The van der Waals surface area contributed by atoms with E-state index in [0.29, 0.717) is 22.4 Å². The van der Waals surface area contributed by atoms with E-state index in [0.717, 1.165) is 32.1 Å². The molecule has 0 aliphatic heterocycles. The van der Waals surface area contributed by atoms with E-state index in [1.54, 1.807) is 27.7 Å². The average molecular weight is 382 g/mol. The van der Waals surface area contributed by atoms with Gasteiger partial charge in [0.25, 0.3) is 5.69 Å². The molecule has 0 amide bonds. The third-order valence-corrected chi connectivity index (χ3v) is 4.17. The number of carbonyl (C=O) groups excluding carboxylic acids is 1. The van der Waals surface area contributed by atoms with Crippen LogP contribution in [0.15, 0.2) is 0 Å². The summed E-state index contributed by atoms with van der Waals surface area (Å²) in [5.41, 5.74) is -0.739. The summed E-state index contributed by atoms with van der Waals surface area (Å²) in [4.78, 5) is 23.0. The fraction of sp³-hybridized carbons (Fsp3) is 0.684. The minimum atomic E-state index is -1.03. The molecule has 0 radical (unpaired) electrons. The molecule has 8 nitrogen and oxygen atoms in total. The third kappa shape index (κ3) is 6.37. The van der Waals surface area contributed by atoms with Crippen molar-refractivity contribution < 1.29 is 23.9 Å². The van der Waals surface area contributed by atoms with Crippen LogP contribution in [-0.2, 0) is 11.2 Å². The summed E-state index contributed by atoms with van der Waals surface area (Å²) in [7, 11) is 0. The number of rotatable bonds is 8. The summed E-state index contributed by atoms with van der Waals surface area (Å²) >= 11 is 0. The Balaban J connectivity index is 3.28. The summed E-state index contributed by atoms with van der Waals surface area (Å²) in [5, 5.41) is 23.9. The van der Waals surface area contributed by atoms with Crippen molar-refractivity contribution in [1.29, 1.82) is 0 Å². The van der Waals surface area contributed by atoms with Crippen LogP contribution in [0.25, 0.3) is 0 Å². The summed E-state index contributed by atoms with van der Waals surface area (Å²) in [5.74, 6) is -0.188. The molecule has 0 N–H and O–H groups in total. The topological polar surface area (TPSA) is 106 Å². The van der Waals surface area contributed by atoms with Crippen LogP contribution in [0.1, 0.15) is 76.8 Å². The molecule has 1 rings (SSSR count). The molecule has 0 unspecified atom stereocenters. The lowest BCUT2D eigenvalue weighted by atomic mass is 10.0. The van der Waals surface area contributed by atoms with Crippen LogP contribution < -0.4 is 9.47 Å². The largest absolute Gasteiger partial charge is 0.618 e. The Morgan fingerprint density at radius 2 is 1.70 bits per heavy atom. The lowest BCUT2D eigenvalue weighted by molar-refractivity contribution is -0.623. The SMILES string of the molecule is CCCCCCCc1c(OC(=O)OC(C)(C)C)c([N+](=O)[O-])c(C)[n+]([O-])c1C. The molecule has 0 bridgehead atoms. The summed E-state index contributed by atoms with van der Waals surface area (Å²) in [6.07, 6.45) is 4.31. The molecule has 1 aromatic rings. The number of hydrogen-bond acceptors (Lipinski definition) is 6. The Hall–Kier alpha value is -2.38. The first-order chi connectivity index (χ1) is 12.5. The zero-order chi connectivity index (χ0) is 20.8. The number of nitro groups is 1. The first kappa shape index (κ1) is 22.7. The molecule has 1 heterocycles. The first-order valence-electron chi connectivity index (χ1n) is 9.30.